The normalized spacial score (nSPS) is 42.9. The lowest BCUT2D eigenvalue weighted by molar-refractivity contribution is -0.380. The number of hydrogen-bond acceptors (Lipinski definition) is 18. The Morgan fingerprint density at radius 2 is 1.39 bits per heavy atom. The summed E-state index contributed by atoms with van der Waals surface area (Å²) >= 11 is 0. The third-order valence-electron chi connectivity index (χ3n) is 7.87. The molecule has 0 bridgehead atoms. The van der Waals surface area contributed by atoms with Crippen LogP contribution < -0.4 is 10.6 Å². The molecular weight excluding hydrogens is 632 g/mol. The molecule has 2 amide bonds. The van der Waals surface area contributed by atoms with E-state index in [1.807, 2.05) is 0 Å². The number of ether oxygens (including phenoxy) is 5. The third kappa shape index (κ3) is 8.08. The van der Waals surface area contributed by atoms with Gasteiger partial charge in [-0.05, 0) is 0 Å². The van der Waals surface area contributed by atoms with Crippen molar-refractivity contribution in [3.63, 3.8) is 0 Å². The van der Waals surface area contributed by atoms with E-state index in [2.05, 4.69) is 10.6 Å². The molecule has 0 saturated carbocycles. The Kier molecular flexibility index (Phi) is 13.1. The molecule has 21 nitrogen and oxygen atoms in total. The summed E-state index contributed by atoms with van der Waals surface area (Å²) in [5.41, 5.74) is 0. The summed E-state index contributed by atoms with van der Waals surface area (Å²) in [6.45, 7) is -0.777. The number of rotatable bonds is 12. The molecule has 3 fully saturated rings. The maximum Gasteiger partial charge on any atom is 0.364 e. The van der Waals surface area contributed by atoms with Gasteiger partial charge in [-0.2, -0.15) is 0 Å². The van der Waals surface area contributed by atoms with Crippen molar-refractivity contribution in [2.45, 2.75) is 118 Å². The van der Waals surface area contributed by atoms with E-state index in [0.29, 0.717) is 0 Å². The Bertz CT molecular complexity index is 1050. The molecule has 0 radical (unpaired) electrons. The highest BCUT2D eigenvalue weighted by Crippen LogP contribution is 2.38. The average molecular weight is 675 g/mol. The van der Waals surface area contributed by atoms with Crippen LogP contribution in [-0.2, 0) is 38.1 Å². The lowest BCUT2D eigenvalue weighted by Crippen LogP contribution is -2.71. The highest BCUT2D eigenvalue weighted by atomic mass is 16.8. The van der Waals surface area contributed by atoms with Crippen LogP contribution in [0.25, 0.3) is 0 Å². The zero-order chi connectivity index (χ0) is 34.7. The Morgan fingerprint density at radius 1 is 0.848 bits per heavy atom. The van der Waals surface area contributed by atoms with Crippen molar-refractivity contribution in [3.8, 4) is 0 Å². The molecule has 0 spiro atoms. The van der Waals surface area contributed by atoms with Gasteiger partial charge in [0.05, 0.1) is 32.0 Å². The zero-order valence-corrected chi connectivity index (χ0v) is 24.7. The van der Waals surface area contributed by atoms with Crippen molar-refractivity contribution in [2.75, 3.05) is 19.8 Å². The molecule has 0 aliphatic carbocycles. The predicted octanol–water partition coefficient (Wildman–Crippen LogP) is -8.08. The number of hydrogen-bond donors (Lipinski definition) is 13. The van der Waals surface area contributed by atoms with Crippen LogP contribution in [0, 0.1) is 0 Å². The number of carboxylic acid groups (broad SMARTS) is 1. The van der Waals surface area contributed by atoms with Crippen molar-refractivity contribution < 1.29 is 94.2 Å². The largest absolute Gasteiger partial charge is 0.477 e. The first kappa shape index (κ1) is 38.3. The highest BCUT2D eigenvalue weighted by molar-refractivity contribution is 5.76. The van der Waals surface area contributed by atoms with E-state index in [9.17, 15) is 70.6 Å². The van der Waals surface area contributed by atoms with E-state index in [1.54, 1.807) is 0 Å². The summed E-state index contributed by atoms with van der Waals surface area (Å²) in [6.07, 6.45) is -25.8. The van der Waals surface area contributed by atoms with Crippen molar-refractivity contribution >= 4 is 17.8 Å². The third-order valence-corrected chi connectivity index (χ3v) is 7.87. The molecule has 16 atom stereocenters. The van der Waals surface area contributed by atoms with Gasteiger partial charge in [0, 0.05) is 20.3 Å². The predicted molar refractivity (Wildman–Crippen MR) is 142 cm³/mol. The first-order valence-electron chi connectivity index (χ1n) is 14.2. The summed E-state index contributed by atoms with van der Waals surface area (Å²) in [6, 6.07) is -3.08. The van der Waals surface area contributed by atoms with Gasteiger partial charge in [0.15, 0.2) is 12.6 Å². The minimum absolute atomic E-state index is 0.720. The van der Waals surface area contributed by atoms with E-state index >= 15 is 0 Å². The maximum absolute atomic E-state index is 12.6. The van der Waals surface area contributed by atoms with Gasteiger partial charge in [0.2, 0.25) is 11.8 Å². The van der Waals surface area contributed by atoms with Crippen LogP contribution in [0.2, 0.25) is 0 Å². The number of carbonyl (C=O) groups excluding carboxylic acids is 2. The Morgan fingerprint density at radius 3 is 1.91 bits per heavy atom. The van der Waals surface area contributed by atoms with E-state index in [1.165, 1.54) is 0 Å². The molecule has 3 aliphatic heterocycles. The van der Waals surface area contributed by atoms with Gasteiger partial charge in [-0.1, -0.05) is 0 Å². The molecule has 46 heavy (non-hydrogen) atoms. The molecule has 3 aliphatic rings. The molecule has 13 N–H and O–H groups in total. The summed E-state index contributed by atoms with van der Waals surface area (Å²) < 4.78 is 27.3. The average Bonchev–Trinajstić information content (AvgIpc) is 2.99. The molecular formula is C25H42N2O19. The SMILES string of the molecule is CC(=O)N[C@@H]1[C@@H](O[C@@H]2O[C@H](CO)[C@H](O)[C@H](OC3(C(=O)O)C[C@H](O)[C@@H](NC(C)=O)[C@H]([C@H](O)[C@H](O)CO)O3)[C@H]2O)[C@@H](O)[C@@H](CO)O[C@H]1O. The molecule has 0 aromatic carbocycles. The fourth-order valence-electron chi connectivity index (χ4n) is 5.56. The fraction of sp³-hybridized carbons (Fsp3) is 0.880. The molecule has 3 saturated heterocycles. The molecule has 3 rings (SSSR count). The molecule has 21 heteroatoms. The summed E-state index contributed by atoms with van der Waals surface area (Å²) in [5, 5.41) is 118. The van der Waals surface area contributed by atoms with Crippen LogP contribution in [-0.4, -0.2) is 191 Å². The van der Waals surface area contributed by atoms with Crippen LogP contribution in [0.5, 0.6) is 0 Å². The van der Waals surface area contributed by atoms with Crippen molar-refractivity contribution in [1.29, 1.82) is 0 Å². The van der Waals surface area contributed by atoms with Gasteiger partial charge in [0.25, 0.3) is 5.79 Å². The second-order valence-corrected chi connectivity index (χ2v) is 11.2. The summed E-state index contributed by atoms with van der Waals surface area (Å²) in [5.74, 6) is -6.50. The highest BCUT2D eigenvalue weighted by Gasteiger charge is 2.60. The van der Waals surface area contributed by atoms with Gasteiger partial charge in [-0.15, -0.1) is 0 Å². The number of aliphatic hydroxyl groups excluding tert-OH is 10. The Balaban J connectivity index is 1.98. The number of carbonyl (C=O) groups is 3. The topological polar surface area (TPSA) is 344 Å². The molecule has 0 aromatic heterocycles. The Hall–Kier alpha value is -2.19. The van der Waals surface area contributed by atoms with Crippen molar-refractivity contribution in [1.82, 2.24) is 10.6 Å². The van der Waals surface area contributed by atoms with E-state index in [-0.39, 0.29) is 0 Å². The molecule has 0 aromatic rings. The van der Waals surface area contributed by atoms with Gasteiger partial charge in [-0.25, -0.2) is 4.79 Å². The minimum Gasteiger partial charge on any atom is -0.477 e. The van der Waals surface area contributed by atoms with Crippen LogP contribution in [0.3, 0.4) is 0 Å². The van der Waals surface area contributed by atoms with E-state index in [4.69, 9.17) is 23.7 Å². The summed E-state index contributed by atoms with van der Waals surface area (Å²) in [7, 11) is 0. The van der Waals surface area contributed by atoms with Crippen LogP contribution in [0.1, 0.15) is 20.3 Å². The standard InChI is InChI=1S/C25H42N2O19/c1-7(31)26-13-9(33)3-25(24(40)41,45-20(13)15(35)10(34)4-28)46-21-17(37)12(6-30)43-23(18(21)38)44-19-14(27-8(2)32)22(39)42-11(5-29)16(19)36/h9-23,28-30,33-39H,3-6H2,1-2H3,(H,26,31)(H,27,32)(H,40,41)/t9-,10+,11+,12+,13+,14+,15+,16-,17-,18+,19+,20+,21-,22+,23-,25?/m0/s1. The molecule has 1 unspecified atom stereocenters. The maximum atomic E-state index is 12.6. The van der Waals surface area contributed by atoms with Gasteiger partial charge >= 0.3 is 5.97 Å². The Labute approximate surface area is 260 Å². The van der Waals surface area contributed by atoms with Crippen LogP contribution >= 0.6 is 0 Å². The fourth-order valence-corrected chi connectivity index (χ4v) is 5.56. The van der Waals surface area contributed by atoms with E-state index < -0.39 is 142 Å². The monoisotopic (exact) mass is 674 g/mol. The number of carboxylic acids is 1. The van der Waals surface area contributed by atoms with Gasteiger partial charge in [0.1, 0.15) is 67.1 Å². The van der Waals surface area contributed by atoms with Crippen LogP contribution in [0.15, 0.2) is 0 Å². The second kappa shape index (κ2) is 15.8. The number of aliphatic hydroxyl groups is 10. The lowest BCUT2D eigenvalue weighted by atomic mass is 9.88. The van der Waals surface area contributed by atoms with Crippen molar-refractivity contribution in [3.05, 3.63) is 0 Å². The minimum atomic E-state index is -3.04. The number of aliphatic carboxylic acids is 1. The van der Waals surface area contributed by atoms with Crippen LogP contribution in [0.4, 0.5) is 0 Å². The molecule has 266 valence electrons. The number of nitrogens with one attached hydrogen (secondary N) is 2. The first-order chi connectivity index (χ1) is 21.5. The quantitative estimate of drug-likeness (QED) is 0.0913. The first-order valence-corrected chi connectivity index (χ1v) is 14.2. The lowest BCUT2D eigenvalue weighted by Gasteiger charge is -2.50. The molecule has 3 heterocycles. The smallest absolute Gasteiger partial charge is 0.364 e. The van der Waals surface area contributed by atoms with Crippen molar-refractivity contribution in [2.24, 2.45) is 0 Å². The van der Waals surface area contributed by atoms with Gasteiger partial charge in [-0.3, -0.25) is 9.59 Å². The second-order valence-electron chi connectivity index (χ2n) is 11.2. The van der Waals surface area contributed by atoms with Gasteiger partial charge < -0.3 is 90.5 Å². The summed E-state index contributed by atoms with van der Waals surface area (Å²) in [4.78, 5) is 36.2. The zero-order valence-electron chi connectivity index (χ0n) is 24.7. The number of amides is 2. The van der Waals surface area contributed by atoms with E-state index in [0.717, 1.165) is 13.8 Å².